The molecule has 0 radical (unpaired) electrons. The average molecular weight is 633 g/mol. The molecule has 1 fully saturated rings. The summed E-state index contributed by atoms with van der Waals surface area (Å²) in [6.45, 7) is 8.30. The van der Waals surface area contributed by atoms with Crippen molar-refractivity contribution >= 4 is 29.2 Å². The van der Waals surface area contributed by atoms with Gasteiger partial charge in [0, 0.05) is 24.5 Å². The van der Waals surface area contributed by atoms with E-state index < -0.39 is 58.0 Å². The first-order chi connectivity index (χ1) is 21.8. The highest BCUT2D eigenvalue weighted by molar-refractivity contribution is 6.22. The molecule has 0 aromatic heterocycles. The Kier molecular flexibility index (Phi) is 8.85. The van der Waals surface area contributed by atoms with Crippen LogP contribution in [0, 0.1) is 17.8 Å². The summed E-state index contributed by atoms with van der Waals surface area (Å²) in [6.07, 6.45) is 0.540. The van der Waals surface area contributed by atoms with E-state index in [-0.39, 0.29) is 54.6 Å². The van der Waals surface area contributed by atoms with Gasteiger partial charge in [-0.25, -0.2) is 0 Å². The topological polar surface area (TPSA) is 196 Å². The number of amides is 1. The van der Waals surface area contributed by atoms with Gasteiger partial charge in [-0.15, -0.1) is 0 Å². The molecule has 3 aliphatic carbocycles. The van der Waals surface area contributed by atoms with Gasteiger partial charge in [-0.05, 0) is 78.0 Å². The number of ketones is 2. The van der Waals surface area contributed by atoms with E-state index in [1.165, 1.54) is 6.07 Å². The number of nitrogens with two attached hydrogens (primary N) is 1. The molecule has 11 heteroatoms. The van der Waals surface area contributed by atoms with E-state index >= 15 is 0 Å². The Hall–Kier alpha value is -4.48. The molecule has 0 bridgehead atoms. The summed E-state index contributed by atoms with van der Waals surface area (Å²) in [6, 6.07) is 8.65. The lowest BCUT2D eigenvalue weighted by Gasteiger charge is -2.46. The molecule has 0 heterocycles. The molecule has 1 saturated carbocycles. The molecule has 11 nitrogen and oxygen atoms in total. The molecule has 2 aromatic carbocycles. The molecule has 0 saturated heterocycles. The number of carbonyl (C=O) groups excluding carboxylic acids is 4. The molecule has 4 atom stereocenters. The highest BCUT2D eigenvalue weighted by atomic mass is 16.5. The predicted octanol–water partition coefficient (Wildman–Crippen LogP) is 3.33. The normalized spacial score (nSPS) is 23.2. The number of nitrogens with one attached hydrogen (secondary N) is 1. The first-order valence-electron chi connectivity index (χ1n) is 15.6. The Morgan fingerprint density at radius 1 is 1.07 bits per heavy atom. The van der Waals surface area contributed by atoms with Gasteiger partial charge < -0.3 is 36.2 Å². The molecule has 5 rings (SSSR count). The summed E-state index contributed by atoms with van der Waals surface area (Å²) < 4.78 is 5.24. The molecule has 0 spiro atoms. The number of esters is 1. The average Bonchev–Trinajstić information content (AvgIpc) is 2.99. The van der Waals surface area contributed by atoms with E-state index in [0.717, 1.165) is 22.3 Å². The number of rotatable bonds is 9. The number of aliphatic hydroxyl groups is 3. The molecule has 1 amide bonds. The molecular formula is C35H40N2O9. The molecule has 1 unspecified atom stereocenters. The van der Waals surface area contributed by atoms with Crippen molar-refractivity contribution < 1.29 is 44.3 Å². The van der Waals surface area contributed by atoms with Gasteiger partial charge in [0.1, 0.15) is 28.9 Å². The summed E-state index contributed by atoms with van der Waals surface area (Å²) in [4.78, 5) is 51.0. The van der Waals surface area contributed by atoms with Crippen molar-refractivity contribution in [1.82, 2.24) is 5.32 Å². The van der Waals surface area contributed by atoms with Gasteiger partial charge >= 0.3 is 5.97 Å². The van der Waals surface area contributed by atoms with E-state index in [2.05, 4.69) is 5.32 Å². The maximum Gasteiger partial charge on any atom is 0.323 e. The fourth-order valence-corrected chi connectivity index (χ4v) is 7.22. The van der Waals surface area contributed by atoms with E-state index in [1.807, 2.05) is 39.0 Å². The van der Waals surface area contributed by atoms with Gasteiger partial charge in [0.05, 0.1) is 12.2 Å². The molecule has 3 aliphatic rings. The third kappa shape index (κ3) is 5.27. The van der Waals surface area contributed by atoms with E-state index in [0.29, 0.717) is 18.5 Å². The van der Waals surface area contributed by atoms with Gasteiger partial charge in [-0.3, -0.25) is 19.2 Å². The summed E-state index contributed by atoms with van der Waals surface area (Å²) in [7, 11) is 0. The molecule has 46 heavy (non-hydrogen) atoms. The fourth-order valence-electron chi connectivity index (χ4n) is 7.22. The van der Waals surface area contributed by atoms with E-state index in [4.69, 9.17) is 10.5 Å². The summed E-state index contributed by atoms with van der Waals surface area (Å²) >= 11 is 0. The van der Waals surface area contributed by atoms with Gasteiger partial charge in [-0.2, -0.15) is 0 Å². The van der Waals surface area contributed by atoms with Crippen molar-refractivity contribution in [2.24, 2.45) is 23.5 Å². The Bertz CT molecular complexity index is 1710. The van der Waals surface area contributed by atoms with Crippen LogP contribution in [0.15, 0.2) is 47.2 Å². The van der Waals surface area contributed by atoms with Gasteiger partial charge in [0.2, 0.25) is 5.78 Å². The smallest absolute Gasteiger partial charge is 0.323 e. The Labute approximate surface area is 266 Å². The minimum atomic E-state index is -2.61. The van der Waals surface area contributed by atoms with Gasteiger partial charge in [-0.1, -0.05) is 39.0 Å². The zero-order valence-electron chi connectivity index (χ0n) is 26.3. The second-order valence-electron chi connectivity index (χ2n) is 12.6. The molecular weight excluding hydrogens is 592 g/mol. The monoisotopic (exact) mass is 632 g/mol. The maximum atomic E-state index is 13.8. The van der Waals surface area contributed by atoms with Crippen molar-refractivity contribution in [2.75, 3.05) is 6.61 Å². The van der Waals surface area contributed by atoms with Crippen molar-refractivity contribution in [3.63, 3.8) is 0 Å². The number of aliphatic hydroxyl groups excluding tert-OH is 2. The number of ether oxygens (including phenoxy) is 1. The minimum Gasteiger partial charge on any atom is -0.508 e. The Balaban J connectivity index is 1.58. The standard InChI is InChI=1S/C35H40N2O9/c1-5-18-8-7-17(15-37-29(16(3)4)34(44)46-6-2)11-22(18)21-9-10-24(38)27-23(21)13-19-12-20-14-25(39)28(33(36)43)32(42)35(20,45)31(41)26(19)30(27)40/h7-11,16,19-20,29,37-38,40,42,45H,5-6,12-15H2,1-4H3,(H2,36,43)/t19-,20+,29?,35+/m1/s1. The van der Waals surface area contributed by atoms with Crippen LogP contribution in [0.25, 0.3) is 16.9 Å². The quantitative estimate of drug-likeness (QED) is 0.176. The third-order valence-corrected chi connectivity index (χ3v) is 9.53. The lowest BCUT2D eigenvalue weighted by molar-refractivity contribution is -0.148. The minimum absolute atomic E-state index is 0.00313. The Morgan fingerprint density at radius 3 is 2.41 bits per heavy atom. The highest BCUT2D eigenvalue weighted by Crippen LogP contribution is 2.53. The largest absolute Gasteiger partial charge is 0.508 e. The SMILES string of the molecule is CCOC(=O)C(NCc1ccc(CC)c(-c2ccc(O)c3c2C[C@H]2C[C@H]4CC(=O)C(C(N)=O)=C(O)[C@@]4(O)C(=O)C2=C3O)c1)C(C)C. The number of primary amides is 1. The van der Waals surface area contributed by atoms with Crippen LogP contribution >= 0.6 is 0 Å². The fraction of sp³-hybridized carbons (Fsp3) is 0.429. The number of aromatic hydroxyl groups is 1. The molecule has 7 N–H and O–H groups in total. The number of hydrogen-bond donors (Lipinski definition) is 6. The summed E-state index contributed by atoms with van der Waals surface area (Å²) in [5, 5.41) is 48.1. The number of benzene rings is 2. The van der Waals surface area contributed by atoms with Gasteiger partial charge in [0.25, 0.3) is 5.91 Å². The molecule has 0 aliphatic heterocycles. The van der Waals surface area contributed by atoms with Crippen molar-refractivity contribution in [1.29, 1.82) is 0 Å². The van der Waals surface area contributed by atoms with E-state index in [1.54, 1.807) is 13.0 Å². The Morgan fingerprint density at radius 2 is 1.78 bits per heavy atom. The third-order valence-electron chi connectivity index (χ3n) is 9.53. The first-order valence-corrected chi connectivity index (χ1v) is 15.6. The second kappa shape index (κ2) is 12.4. The summed E-state index contributed by atoms with van der Waals surface area (Å²) in [5.41, 5.74) is 5.76. The highest BCUT2D eigenvalue weighted by Gasteiger charge is 2.60. The van der Waals surface area contributed by atoms with Crippen LogP contribution in [0.4, 0.5) is 0 Å². The number of carbonyl (C=O) groups is 4. The van der Waals surface area contributed by atoms with Crippen LogP contribution in [0.2, 0.25) is 0 Å². The van der Waals surface area contributed by atoms with Crippen molar-refractivity contribution in [3.8, 4) is 16.9 Å². The number of phenolic OH excluding ortho intramolecular Hbond substituents is 1. The van der Waals surface area contributed by atoms with Crippen molar-refractivity contribution in [3.05, 3.63) is 69.5 Å². The number of aryl methyl sites for hydroxylation is 1. The van der Waals surface area contributed by atoms with Crippen LogP contribution < -0.4 is 11.1 Å². The van der Waals surface area contributed by atoms with Crippen LogP contribution in [0.1, 0.15) is 62.8 Å². The first kappa shape index (κ1) is 32.9. The lowest BCUT2D eigenvalue weighted by Crippen LogP contribution is -2.58. The van der Waals surface area contributed by atoms with Crippen LogP contribution in [-0.4, -0.2) is 62.1 Å². The molecule has 2 aromatic rings. The molecule has 244 valence electrons. The van der Waals surface area contributed by atoms with Crippen LogP contribution in [0.5, 0.6) is 5.75 Å². The predicted molar refractivity (Wildman–Crippen MR) is 168 cm³/mol. The van der Waals surface area contributed by atoms with Gasteiger partial charge in [0.15, 0.2) is 11.4 Å². The zero-order chi connectivity index (χ0) is 33.7. The van der Waals surface area contributed by atoms with Crippen molar-refractivity contribution in [2.45, 2.75) is 71.6 Å². The number of hydrogen-bond acceptors (Lipinski definition) is 10. The zero-order valence-corrected chi connectivity index (χ0v) is 26.3. The van der Waals surface area contributed by atoms with Crippen LogP contribution in [-0.2, 0) is 43.3 Å². The van der Waals surface area contributed by atoms with Crippen LogP contribution in [0.3, 0.4) is 0 Å². The number of fused-ring (bicyclic) bond motifs is 3. The lowest BCUT2D eigenvalue weighted by atomic mass is 9.59. The second-order valence-corrected chi connectivity index (χ2v) is 12.6. The maximum absolute atomic E-state index is 13.8. The number of Topliss-reactive ketones (excluding diaryl/α,β-unsaturated/α-hetero) is 2. The summed E-state index contributed by atoms with van der Waals surface area (Å²) in [5.74, 6) is -6.98. The van der Waals surface area contributed by atoms with E-state index in [9.17, 15) is 39.6 Å². The number of phenols is 1.